The number of aromatic nitrogens is 6. The van der Waals surface area contributed by atoms with Crippen molar-refractivity contribution in [2.75, 3.05) is 0 Å². The molecule has 132 valence electrons. The molecule has 0 radical (unpaired) electrons. The van der Waals surface area contributed by atoms with Gasteiger partial charge in [0.05, 0.1) is 24.3 Å². The van der Waals surface area contributed by atoms with Crippen molar-refractivity contribution in [2.24, 2.45) is 5.92 Å². The fourth-order valence-electron chi connectivity index (χ4n) is 3.24. The summed E-state index contributed by atoms with van der Waals surface area (Å²) in [5.74, 6) is 0.139. The van der Waals surface area contributed by atoms with Gasteiger partial charge in [0.15, 0.2) is 5.82 Å². The summed E-state index contributed by atoms with van der Waals surface area (Å²) in [6.07, 6.45) is 6.02. The van der Waals surface area contributed by atoms with Crippen LogP contribution in [0.5, 0.6) is 5.75 Å². The monoisotopic (exact) mass is 352 g/mol. The van der Waals surface area contributed by atoms with Gasteiger partial charge in [0.1, 0.15) is 17.6 Å². The maximum Gasteiger partial charge on any atom is 0.177 e. The fraction of sp³-hybridized carbons (Fsp3) is 0.278. The van der Waals surface area contributed by atoms with E-state index in [0.29, 0.717) is 34.8 Å². The Morgan fingerprint density at radius 1 is 1.27 bits per heavy atom. The number of hydrogen-bond donors (Lipinski definition) is 1. The third-order valence-electron chi connectivity index (χ3n) is 4.67. The molecule has 1 aliphatic carbocycles. The summed E-state index contributed by atoms with van der Waals surface area (Å²) in [5.41, 5.74) is 2.17. The summed E-state index contributed by atoms with van der Waals surface area (Å²) in [6.45, 7) is 3.95. The lowest BCUT2D eigenvalue weighted by molar-refractivity contribution is 0.302. The van der Waals surface area contributed by atoms with Gasteiger partial charge in [-0.2, -0.15) is 0 Å². The molecule has 0 bridgehead atoms. The predicted octanol–water partition coefficient (Wildman–Crippen LogP) is 2.98. The van der Waals surface area contributed by atoms with E-state index in [4.69, 9.17) is 0 Å². The molecule has 0 unspecified atom stereocenters. The molecular weight excluding hydrogens is 335 g/mol. The Morgan fingerprint density at radius 2 is 2.15 bits per heavy atom. The zero-order valence-electron chi connectivity index (χ0n) is 14.0. The first-order valence-corrected chi connectivity index (χ1v) is 8.36. The molecule has 0 aliphatic heterocycles. The van der Waals surface area contributed by atoms with Crippen molar-refractivity contribution >= 4 is 5.57 Å². The number of aromatic hydroxyl groups is 1. The summed E-state index contributed by atoms with van der Waals surface area (Å²) in [7, 11) is 0. The molecule has 2 aromatic heterocycles. The molecule has 1 aromatic carbocycles. The van der Waals surface area contributed by atoms with Crippen LogP contribution in [0, 0.1) is 5.92 Å². The van der Waals surface area contributed by atoms with E-state index in [2.05, 4.69) is 32.1 Å². The molecule has 1 aliphatic rings. The van der Waals surface area contributed by atoms with Gasteiger partial charge in [-0.3, -0.25) is 0 Å². The van der Waals surface area contributed by atoms with Crippen LogP contribution in [-0.2, 0) is 0 Å². The standard InChI is InChI=1S/C18H17FN6O/c1-11(13-3-2-4-15(13)19)18-20-10-16(22-23-18)14-6-5-12(9-17(14)26)25-8-7-21-24-25/h5-10,13,15,26H,1-4H2/t13-,15+/m1/s1. The molecule has 0 saturated heterocycles. The quantitative estimate of drug-likeness (QED) is 0.776. The van der Waals surface area contributed by atoms with Crippen molar-refractivity contribution in [1.29, 1.82) is 0 Å². The van der Waals surface area contributed by atoms with Gasteiger partial charge in [0.2, 0.25) is 0 Å². The van der Waals surface area contributed by atoms with Gasteiger partial charge >= 0.3 is 0 Å². The van der Waals surface area contributed by atoms with Crippen molar-refractivity contribution in [3.05, 3.63) is 49.2 Å². The van der Waals surface area contributed by atoms with Crippen molar-refractivity contribution in [2.45, 2.75) is 25.4 Å². The molecule has 8 heteroatoms. The molecule has 2 atom stereocenters. The molecular formula is C18H17FN6O. The average Bonchev–Trinajstić information content (AvgIpc) is 3.33. The molecule has 26 heavy (non-hydrogen) atoms. The second-order valence-corrected chi connectivity index (χ2v) is 6.29. The van der Waals surface area contributed by atoms with Gasteiger partial charge in [-0.05, 0) is 37.0 Å². The van der Waals surface area contributed by atoms with Crippen molar-refractivity contribution < 1.29 is 9.50 Å². The van der Waals surface area contributed by atoms with E-state index in [1.165, 1.54) is 10.9 Å². The fourth-order valence-corrected chi connectivity index (χ4v) is 3.24. The molecule has 4 rings (SSSR count). The normalized spacial score (nSPS) is 19.6. The van der Waals surface area contributed by atoms with E-state index in [-0.39, 0.29) is 11.7 Å². The van der Waals surface area contributed by atoms with Gasteiger partial charge in [-0.15, -0.1) is 15.3 Å². The summed E-state index contributed by atoms with van der Waals surface area (Å²) >= 11 is 0. The largest absolute Gasteiger partial charge is 0.507 e. The first-order valence-electron chi connectivity index (χ1n) is 8.36. The van der Waals surface area contributed by atoms with E-state index in [0.717, 1.165) is 12.8 Å². The Labute approximate surface area is 149 Å². The summed E-state index contributed by atoms with van der Waals surface area (Å²) in [4.78, 5) is 4.27. The number of halogens is 1. The van der Waals surface area contributed by atoms with Crippen molar-refractivity contribution in [1.82, 2.24) is 30.2 Å². The lowest BCUT2D eigenvalue weighted by atomic mass is 9.97. The van der Waals surface area contributed by atoms with Crippen LogP contribution >= 0.6 is 0 Å². The third kappa shape index (κ3) is 2.94. The molecule has 0 amide bonds. The molecule has 7 nitrogen and oxygen atoms in total. The van der Waals surface area contributed by atoms with Crippen LogP contribution in [-0.4, -0.2) is 41.5 Å². The summed E-state index contributed by atoms with van der Waals surface area (Å²) < 4.78 is 15.4. The van der Waals surface area contributed by atoms with Crippen LogP contribution in [0.1, 0.15) is 25.1 Å². The predicted molar refractivity (Wildman–Crippen MR) is 93.1 cm³/mol. The highest BCUT2D eigenvalue weighted by Gasteiger charge is 2.31. The Morgan fingerprint density at radius 3 is 2.77 bits per heavy atom. The number of benzene rings is 1. The van der Waals surface area contributed by atoms with E-state index in [1.807, 2.05) is 0 Å². The molecule has 1 N–H and O–H groups in total. The van der Waals surface area contributed by atoms with Crippen molar-refractivity contribution in [3.63, 3.8) is 0 Å². The van der Waals surface area contributed by atoms with Crippen LogP contribution in [0.3, 0.4) is 0 Å². The Hall–Kier alpha value is -3.16. The van der Waals surface area contributed by atoms with Crippen LogP contribution in [0.4, 0.5) is 4.39 Å². The number of rotatable bonds is 4. The number of hydrogen-bond acceptors (Lipinski definition) is 6. The van der Waals surface area contributed by atoms with Gasteiger partial charge in [0.25, 0.3) is 0 Å². The van der Waals surface area contributed by atoms with Gasteiger partial charge in [-0.1, -0.05) is 11.8 Å². The highest BCUT2D eigenvalue weighted by Crippen LogP contribution is 2.37. The zero-order valence-corrected chi connectivity index (χ0v) is 14.0. The minimum atomic E-state index is -0.890. The maximum absolute atomic E-state index is 13.9. The Kier molecular flexibility index (Phi) is 4.16. The SMILES string of the molecule is C=C(c1ncc(-c2ccc(-n3ccnn3)cc2O)nn1)[C@H]1CCC[C@@H]1F. The second kappa shape index (κ2) is 6.62. The van der Waals surface area contributed by atoms with Gasteiger partial charge in [0, 0.05) is 17.5 Å². The number of phenolic OH excluding ortho intramolecular Hbond substituents is 1. The van der Waals surface area contributed by atoms with Gasteiger partial charge in [-0.25, -0.2) is 14.1 Å². The minimum Gasteiger partial charge on any atom is -0.507 e. The highest BCUT2D eigenvalue weighted by molar-refractivity contribution is 5.68. The lowest BCUT2D eigenvalue weighted by Crippen LogP contribution is -2.12. The number of phenols is 1. The van der Waals surface area contributed by atoms with Crippen molar-refractivity contribution in [3.8, 4) is 22.7 Å². The van der Waals surface area contributed by atoms with Crippen LogP contribution in [0.2, 0.25) is 0 Å². The number of allylic oxidation sites excluding steroid dienone is 1. The summed E-state index contributed by atoms with van der Waals surface area (Å²) in [6, 6.07) is 5.05. The smallest absolute Gasteiger partial charge is 0.177 e. The average molecular weight is 352 g/mol. The van der Waals surface area contributed by atoms with Crippen LogP contribution in [0.15, 0.2) is 43.4 Å². The molecule has 3 aromatic rings. The Balaban J connectivity index is 1.58. The molecule has 1 fully saturated rings. The van der Waals surface area contributed by atoms with Gasteiger partial charge < -0.3 is 5.11 Å². The molecule has 2 heterocycles. The minimum absolute atomic E-state index is 0.0280. The summed E-state index contributed by atoms with van der Waals surface area (Å²) in [5, 5.41) is 26.1. The molecule has 1 saturated carbocycles. The topological polar surface area (TPSA) is 89.6 Å². The number of alkyl halides is 1. The van der Waals surface area contributed by atoms with E-state index in [1.54, 1.807) is 30.6 Å². The first-order chi connectivity index (χ1) is 12.6. The lowest BCUT2D eigenvalue weighted by Gasteiger charge is -2.14. The Bertz CT molecular complexity index is 925. The third-order valence-corrected chi connectivity index (χ3v) is 4.67. The molecule has 0 spiro atoms. The van der Waals surface area contributed by atoms with E-state index >= 15 is 0 Å². The second-order valence-electron chi connectivity index (χ2n) is 6.29. The van der Waals surface area contributed by atoms with Crippen LogP contribution in [0.25, 0.3) is 22.5 Å². The number of nitrogens with zero attached hydrogens (tertiary/aromatic N) is 6. The van der Waals surface area contributed by atoms with E-state index < -0.39 is 6.17 Å². The zero-order chi connectivity index (χ0) is 18.1. The van der Waals surface area contributed by atoms with E-state index in [9.17, 15) is 9.50 Å². The highest BCUT2D eigenvalue weighted by atomic mass is 19.1. The first kappa shape index (κ1) is 16.3. The maximum atomic E-state index is 13.9. The van der Waals surface area contributed by atoms with Crippen LogP contribution < -0.4 is 0 Å².